The van der Waals surface area contributed by atoms with E-state index < -0.39 is 72.5 Å². The molecule has 0 bridgehead atoms. The number of amides is 1. The Hall–Kier alpha value is -3.22. The van der Waals surface area contributed by atoms with Crippen LogP contribution in [-0.2, 0) is 28.8 Å². The van der Waals surface area contributed by atoms with Crippen molar-refractivity contribution in [3.05, 3.63) is 0 Å². The fraction of sp³-hybridized carbons (Fsp3) is 0.500. The van der Waals surface area contributed by atoms with Gasteiger partial charge in [0.1, 0.15) is 6.04 Å². The van der Waals surface area contributed by atoms with Gasteiger partial charge >= 0.3 is 29.8 Å². The van der Waals surface area contributed by atoms with Crippen LogP contribution in [0.5, 0.6) is 0 Å². The van der Waals surface area contributed by atoms with Crippen molar-refractivity contribution in [2.45, 2.75) is 24.9 Å². The highest BCUT2D eigenvalue weighted by molar-refractivity contribution is 5.95. The van der Waals surface area contributed by atoms with Gasteiger partial charge in [0.05, 0.1) is 6.04 Å². The number of hydrogen-bond acceptors (Lipinski definition) is 7. The molecule has 0 fully saturated rings. The van der Waals surface area contributed by atoms with Gasteiger partial charge in [0.2, 0.25) is 5.91 Å². The van der Waals surface area contributed by atoms with Crippen LogP contribution in [0.15, 0.2) is 0 Å². The molecule has 13 nitrogen and oxygen atoms in total. The topological polar surface area (TPSA) is 242 Å². The van der Waals surface area contributed by atoms with E-state index in [2.05, 4.69) is 0 Å². The van der Waals surface area contributed by atoms with Gasteiger partial charge in [0.25, 0.3) is 0 Å². The zero-order valence-electron chi connectivity index (χ0n) is 12.5. The van der Waals surface area contributed by atoms with Crippen molar-refractivity contribution < 1.29 is 54.3 Å². The third kappa shape index (κ3) is 6.82. The highest BCUT2D eigenvalue weighted by Crippen LogP contribution is 2.11. The van der Waals surface area contributed by atoms with Crippen molar-refractivity contribution in [3.63, 3.8) is 0 Å². The molecule has 0 aliphatic rings. The first-order valence-electron chi connectivity index (χ1n) is 6.58. The number of nitrogens with two attached hydrogens (primary N) is 1. The fourth-order valence-electron chi connectivity index (χ4n) is 1.71. The highest BCUT2D eigenvalue weighted by Gasteiger charge is 2.35. The van der Waals surface area contributed by atoms with Crippen LogP contribution < -0.4 is 11.1 Å². The number of carbonyl (C=O) groups is 6. The molecule has 0 unspecified atom stereocenters. The second kappa shape index (κ2) is 9.17. The van der Waals surface area contributed by atoms with Gasteiger partial charge in [-0.3, -0.25) is 24.0 Å². The fourth-order valence-corrected chi connectivity index (χ4v) is 1.71. The monoisotopic (exact) mass is 364 g/mol. The molecule has 0 heterocycles. The molecule has 0 radical (unpaired) electrons. The number of carbonyl (C=O) groups excluding carboxylic acids is 1. The second-order valence-electron chi connectivity index (χ2n) is 4.94. The standard InChI is InChI=1S/C12H16N2O11/c13-5(1-3(8(16)17)9(18)19)7(15)14-6(12(24)25)2-4(10(20)21)11(22)23/h3-6H,1-2,13H2,(H,14,15)(H,16,17)(H,18,19)(H,20,21)(H,22,23)(H,24,25)/t5-,6-/m0/s1. The number of hydrogen-bond donors (Lipinski definition) is 7. The van der Waals surface area contributed by atoms with Gasteiger partial charge in [-0.15, -0.1) is 0 Å². The van der Waals surface area contributed by atoms with Crippen molar-refractivity contribution in [1.29, 1.82) is 0 Å². The van der Waals surface area contributed by atoms with Crippen molar-refractivity contribution >= 4 is 35.8 Å². The molecule has 140 valence electrons. The molecule has 2 atom stereocenters. The zero-order chi connectivity index (χ0) is 19.9. The molecule has 1 amide bonds. The normalized spacial score (nSPS) is 13.1. The van der Waals surface area contributed by atoms with Crippen molar-refractivity contribution in [2.24, 2.45) is 17.6 Å². The summed E-state index contributed by atoms with van der Waals surface area (Å²) >= 11 is 0. The van der Waals surface area contributed by atoms with Gasteiger partial charge in [0.15, 0.2) is 11.8 Å². The van der Waals surface area contributed by atoms with E-state index in [0.717, 1.165) is 0 Å². The maximum atomic E-state index is 11.8. The van der Waals surface area contributed by atoms with Crippen LogP contribution in [0.4, 0.5) is 0 Å². The van der Waals surface area contributed by atoms with Crippen LogP contribution in [0.2, 0.25) is 0 Å². The second-order valence-corrected chi connectivity index (χ2v) is 4.94. The lowest BCUT2D eigenvalue weighted by Crippen LogP contribution is -2.51. The smallest absolute Gasteiger partial charge is 0.326 e. The van der Waals surface area contributed by atoms with Crippen molar-refractivity contribution in [1.82, 2.24) is 5.32 Å². The van der Waals surface area contributed by atoms with Crippen molar-refractivity contribution in [3.8, 4) is 0 Å². The summed E-state index contributed by atoms with van der Waals surface area (Å²) in [5.74, 6) is -14.3. The molecular weight excluding hydrogens is 348 g/mol. The van der Waals surface area contributed by atoms with E-state index in [-0.39, 0.29) is 0 Å². The maximum absolute atomic E-state index is 11.8. The molecule has 0 saturated carbocycles. The van der Waals surface area contributed by atoms with Crippen LogP contribution in [0.25, 0.3) is 0 Å². The van der Waals surface area contributed by atoms with Crippen molar-refractivity contribution in [2.75, 3.05) is 0 Å². The molecule has 0 saturated heterocycles. The predicted molar refractivity (Wildman–Crippen MR) is 74.3 cm³/mol. The van der Waals surface area contributed by atoms with Gasteiger partial charge in [0, 0.05) is 6.42 Å². The lowest BCUT2D eigenvalue weighted by Gasteiger charge is -2.20. The van der Waals surface area contributed by atoms with E-state index in [1.165, 1.54) is 0 Å². The summed E-state index contributed by atoms with van der Waals surface area (Å²) < 4.78 is 0. The van der Waals surface area contributed by atoms with Gasteiger partial charge in [-0.25, -0.2) is 4.79 Å². The summed E-state index contributed by atoms with van der Waals surface area (Å²) in [5.41, 5.74) is 5.33. The van der Waals surface area contributed by atoms with E-state index in [1.54, 1.807) is 5.32 Å². The molecule has 25 heavy (non-hydrogen) atoms. The van der Waals surface area contributed by atoms with E-state index in [1.807, 2.05) is 0 Å². The molecule has 0 spiro atoms. The number of nitrogens with one attached hydrogen (secondary N) is 1. The number of rotatable bonds is 11. The molecule has 0 rings (SSSR count). The summed E-state index contributed by atoms with van der Waals surface area (Å²) in [6.45, 7) is 0. The van der Waals surface area contributed by atoms with E-state index in [0.29, 0.717) is 0 Å². The van der Waals surface area contributed by atoms with Gasteiger partial charge in [-0.05, 0) is 6.42 Å². The molecule has 0 aliphatic heterocycles. The Balaban J connectivity index is 5.08. The summed E-state index contributed by atoms with van der Waals surface area (Å²) in [5, 5.41) is 45.5. The van der Waals surface area contributed by atoms with E-state index >= 15 is 0 Å². The Morgan fingerprint density at radius 2 is 1.04 bits per heavy atom. The summed E-state index contributed by atoms with van der Waals surface area (Å²) in [4.78, 5) is 65.8. The minimum atomic E-state index is -2.12. The molecule has 13 heteroatoms. The Kier molecular flexibility index (Phi) is 7.99. The number of aliphatic carboxylic acids is 5. The molecule has 0 aromatic carbocycles. The minimum Gasteiger partial charge on any atom is -0.481 e. The van der Waals surface area contributed by atoms with Crippen LogP contribution in [0.3, 0.4) is 0 Å². The first-order chi connectivity index (χ1) is 11.4. The lowest BCUT2D eigenvalue weighted by molar-refractivity contribution is -0.158. The molecule has 0 aromatic rings. The zero-order valence-corrected chi connectivity index (χ0v) is 12.5. The summed E-state index contributed by atoms with van der Waals surface area (Å²) in [6, 6.07) is -3.67. The average Bonchev–Trinajstić information content (AvgIpc) is 2.46. The molecular formula is C12H16N2O11. The Bertz CT molecular complexity index is 560. The third-order valence-corrected chi connectivity index (χ3v) is 3.10. The Morgan fingerprint density at radius 1 is 0.680 bits per heavy atom. The van der Waals surface area contributed by atoms with Gasteiger partial charge in [-0.1, -0.05) is 0 Å². The minimum absolute atomic E-state index is 0.857. The quantitative estimate of drug-likeness (QED) is 0.184. The lowest BCUT2D eigenvalue weighted by atomic mass is 9.97. The molecule has 0 aliphatic carbocycles. The van der Waals surface area contributed by atoms with Crippen LogP contribution in [0.1, 0.15) is 12.8 Å². The molecule has 0 aromatic heterocycles. The van der Waals surface area contributed by atoms with Crippen LogP contribution in [-0.4, -0.2) is 73.4 Å². The van der Waals surface area contributed by atoms with Crippen LogP contribution >= 0.6 is 0 Å². The SMILES string of the molecule is N[C@@H](CC(C(=O)O)C(=O)O)C(=O)N[C@@H](CC(C(=O)O)C(=O)O)C(=O)O. The first kappa shape index (κ1) is 21.8. The molecule has 8 N–H and O–H groups in total. The largest absolute Gasteiger partial charge is 0.481 e. The number of carboxylic acid groups (broad SMARTS) is 5. The maximum Gasteiger partial charge on any atom is 0.326 e. The Labute approximate surface area is 139 Å². The summed E-state index contributed by atoms with van der Waals surface area (Å²) in [7, 11) is 0. The Morgan fingerprint density at radius 3 is 1.36 bits per heavy atom. The highest BCUT2D eigenvalue weighted by atomic mass is 16.4. The number of carboxylic acids is 5. The summed E-state index contributed by atoms with van der Waals surface area (Å²) in [6.07, 6.45) is -1.86. The first-order valence-corrected chi connectivity index (χ1v) is 6.58. The van der Waals surface area contributed by atoms with Gasteiger partial charge in [-0.2, -0.15) is 0 Å². The van der Waals surface area contributed by atoms with Gasteiger partial charge < -0.3 is 36.6 Å². The van der Waals surface area contributed by atoms with E-state index in [4.69, 9.17) is 31.3 Å². The van der Waals surface area contributed by atoms with Crippen LogP contribution in [0, 0.1) is 11.8 Å². The predicted octanol–water partition coefficient (Wildman–Crippen LogP) is -2.77. The third-order valence-electron chi connectivity index (χ3n) is 3.10. The van der Waals surface area contributed by atoms with E-state index in [9.17, 15) is 28.8 Å². The average molecular weight is 364 g/mol.